The summed E-state index contributed by atoms with van der Waals surface area (Å²) in [5.41, 5.74) is 2.19. The van der Waals surface area contributed by atoms with E-state index in [1.54, 1.807) is 36.1 Å². The van der Waals surface area contributed by atoms with Crippen molar-refractivity contribution in [3.63, 3.8) is 0 Å². The van der Waals surface area contributed by atoms with Gasteiger partial charge in [-0.3, -0.25) is 4.79 Å². The summed E-state index contributed by atoms with van der Waals surface area (Å²) < 4.78 is 1.67. The van der Waals surface area contributed by atoms with E-state index in [0.29, 0.717) is 10.7 Å². The van der Waals surface area contributed by atoms with E-state index >= 15 is 0 Å². The smallest absolute Gasteiger partial charge is 0.273 e. The maximum atomic E-state index is 11.9. The predicted molar refractivity (Wildman–Crippen MR) is 67.4 cm³/mol. The first-order chi connectivity index (χ1) is 8.08. The molecule has 17 heavy (non-hydrogen) atoms. The van der Waals surface area contributed by atoms with E-state index in [1.807, 2.05) is 6.92 Å². The van der Waals surface area contributed by atoms with Crippen LogP contribution in [0.3, 0.4) is 0 Å². The lowest BCUT2D eigenvalue weighted by atomic mass is 10.2. The zero-order valence-corrected chi connectivity index (χ0v) is 10.3. The Balaban J connectivity index is 2.22. The Bertz CT molecular complexity index is 563. The summed E-state index contributed by atoms with van der Waals surface area (Å²) in [5, 5.41) is 3.48. The minimum absolute atomic E-state index is 0.185. The van der Waals surface area contributed by atoms with Gasteiger partial charge in [-0.1, -0.05) is 11.6 Å². The number of benzene rings is 1. The molecule has 4 nitrogen and oxygen atoms in total. The lowest BCUT2D eigenvalue weighted by Gasteiger charge is -2.08. The number of rotatable bonds is 2. The number of carbonyl (C=O) groups excluding carboxylic acids is 1. The average molecular weight is 250 g/mol. The van der Waals surface area contributed by atoms with Crippen molar-refractivity contribution in [2.75, 3.05) is 5.32 Å². The molecule has 1 amide bonds. The van der Waals surface area contributed by atoms with Crippen LogP contribution in [0, 0.1) is 6.92 Å². The molecule has 0 unspecified atom stereocenters. The molecule has 0 fully saturated rings. The quantitative estimate of drug-likeness (QED) is 0.889. The molecule has 0 bridgehead atoms. The number of imidazole rings is 1. The summed E-state index contributed by atoms with van der Waals surface area (Å²) in [5.74, 6) is -0.185. The van der Waals surface area contributed by atoms with E-state index in [2.05, 4.69) is 10.3 Å². The first kappa shape index (κ1) is 11.7. The first-order valence-corrected chi connectivity index (χ1v) is 5.49. The molecule has 1 heterocycles. The molecule has 2 aromatic rings. The van der Waals surface area contributed by atoms with E-state index < -0.39 is 0 Å². The average Bonchev–Trinajstić information content (AvgIpc) is 2.68. The van der Waals surface area contributed by atoms with Crippen molar-refractivity contribution in [3.05, 3.63) is 47.0 Å². The van der Waals surface area contributed by atoms with Crippen molar-refractivity contribution >= 4 is 23.2 Å². The van der Waals surface area contributed by atoms with Crippen molar-refractivity contribution in [2.45, 2.75) is 6.92 Å². The van der Waals surface area contributed by atoms with Crippen molar-refractivity contribution in [1.82, 2.24) is 9.55 Å². The number of halogens is 1. The highest BCUT2D eigenvalue weighted by molar-refractivity contribution is 6.30. The van der Waals surface area contributed by atoms with E-state index in [4.69, 9.17) is 11.6 Å². The molecule has 0 aliphatic carbocycles. The third-order valence-electron chi connectivity index (χ3n) is 2.49. The van der Waals surface area contributed by atoms with E-state index in [0.717, 1.165) is 11.3 Å². The zero-order chi connectivity index (χ0) is 12.4. The fraction of sp³-hybridized carbons (Fsp3) is 0.167. The lowest BCUT2D eigenvalue weighted by Crippen LogP contribution is -2.15. The van der Waals surface area contributed by atoms with Crippen LogP contribution in [0.4, 0.5) is 5.69 Å². The second-order valence-electron chi connectivity index (χ2n) is 3.80. The van der Waals surface area contributed by atoms with Crippen LogP contribution in [-0.4, -0.2) is 15.5 Å². The zero-order valence-electron chi connectivity index (χ0n) is 9.57. The van der Waals surface area contributed by atoms with E-state index in [1.165, 1.54) is 6.20 Å². The number of aryl methyl sites for hydroxylation is 2. The monoisotopic (exact) mass is 249 g/mol. The van der Waals surface area contributed by atoms with Crippen LogP contribution in [0.2, 0.25) is 5.02 Å². The van der Waals surface area contributed by atoms with Crippen LogP contribution in [0.5, 0.6) is 0 Å². The molecule has 0 atom stereocenters. The van der Waals surface area contributed by atoms with Gasteiger partial charge in [-0.15, -0.1) is 0 Å². The summed E-state index contributed by atoms with van der Waals surface area (Å²) >= 11 is 5.85. The van der Waals surface area contributed by atoms with E-state index in [9.17, 15) is 4.79 Å². The Morgan fingerprint density at radius 2 is 2.24 bits per heavy atom. The van der Waals surface area contributed by atoms with Crippen molar-refractivity contribution < 1.29 is 4.79 Å². The van der Waals surface area contributed by atoms with Gasteiger partial charge in [0.2, 0.25) is 0 Å². The third-order valence-corrected chi connectivity index (χ3v) is 2.72. The SMILES string of the molecule is Cc1cc(Cl)ccc1NC(=O)c1cncn1C. The predicted octanol–water partition coefficient (Wildman–Crippen LogP) is 2.63. The fourth-order valence-electron chi connectivity index (χ4n) is 1.53. The van der Waals surface area contributed by atoms with Gasteiger partial charge in [0.15, 0.2) is 0 Å². The first-order valence-electron chi connectivity index (χ1n) is 5.12. The van der Waals surface area contributed by atoms with Gasteiger partial charge in [0, 0.05) is 17.8 Å². The normalized spacial score (nSPS) is 10.3. The van der Waals surface area contributed by atoms with Crippen LogP contribution in [0.1, 0.15) is 16.1 Å². The minimum Gasteiger partial charge on any atom is -0.330 e. The molecule has 2 rings (SSSR count). The van der Waals surface area contributed by atoms with Gasteiger partial charge in [-0.05, 0) is 30.7 Å². The number of aromatic nitrogens is 2. The number of anilines is 1. The summed E-state index contributed by atoms with van der Waals surface area (Å²) in [6, 6.07) is 5.33. The Kier molecular flexibility index (Phi) is 3.15. The maximum Gasteiger partial charge on any atom is 0.273 e. The highest BCUT2D eigenvalue weighted by Crippen LogP contribution is 2.20. The summed E-state index contributed by atoms with van der Waals surface area (Å²) in [7, 11) is 1.77. The number of hydrogen-bond acceptors (Lipinski definition) is 2. The molecular weight excluding hydrogens is 238 g/mol. The standard InChI is InChI=1S/C12H12ClN3O/c1-8-5-9(13)3-4-10(8)15-12(17)11-6-14-7-16(11)2/h3-7H,1-2H3,(H,15,17). The van der Waals surface area contributed by atoms with Gasteiger partial charge >= 0.3 is 0 Å². The molecule has 0 aliphatic heterocycles. The van der Waals surface area contributed by atoms with Gasteiger partial charge in [-0.25, -0.2) is 4.98 Å². The molecule has 0 aliphatic rings. The Morgan fingerprint density at radius 1 is 1.47 bits per heavy atom. The van der Waals surface area contributed by atoms with Gasteiger partial charge < -0.3 is 9.88 Å². The molecule has 1 aromatic carbocycles. The van der Waals surface area contributed by atoms with Crippen LogP contribution < -0.4 is 5.32 Å². The number of nitrogens with zero attached hydrogens (tertiary/aromatic N) is 2. The van der Waals surface area contributed by atoms with Crippen LogP contribution >= 0.6 is 11.6 Å². The second-order valence-corrected chi connectivity index (χ2v) is 4.24. The topological polar surface area (TPSA) is 46.9 Å². The number of amides is 1. The van der Waals surface area contributed by atoms with Crippen molar-refractivity contribution in [2.24, 2.45) is 7.05 Å². The van der Waals surface area contributed by atoms with Crippen molar-refractivity contribution in [3.8, 4) is 0 Å². The molecule has 88 valence electrons. The lowest BCUT2D eigenvalue weighted by molar-refractivity contribution is 0.101. The molecule has 1 N–H and O–H groups in total. The fourth-order valence-corrected chi connectivity index (χ4v) is 1.76. The Labute approximate surface area is 104 Å². The molecule has 5 heteroatoms. The minimum atomic E-state index is -0.185. The van der Waals surface area contributed by atoms with E-state index in [-0.39, 0.29) is 5.91 Å². The number of nitrogens with one attached hydrogen (secondary N) is 1. The van der Waals surface area contributed by atoms with Crippen LogP contribution in [0.15, 0.2) is 30.7 Å². The molecule has 0 radical (unpaired) electrons. The number of hydrogen-bond donors (Lipinski definition) is 1. The van der Waals surface area contributed by atoms with Gasteiger partial charge in [0.05, 0.1) is 12.5 Å². The number of carbonyl (C=O) groups is 1. The third kappa shape index (κ3) is 2.47. The van der Waals surface area contributed by atoms with Crippen LogP contribution in [0.25, 0.3) is 0 Å². The maximum absolute atomic E-state index is 11.9. The van der Waals surface area contributed by atoms with Gasteiger partial charge in [-0.2, -0.15) is 0 Å². The molecule has 0 saturated heterocycles. The molecule has 1 aromatic heterocycles. The second kappa shape index (κ2) is 4.59. The highest BCUT2D eigenvalue weighted by Gasteiger charge is 2.10. The molecule has 0 spiro atoms. The summed E-state index contributed by atoms with van der Waals surface area (Å²) in [4.78, 5) is 15.8. The largest absolute Gasteiger partial charge is 0.330 e. The van der Waals surface area contributed by atoms with Gasteiger partial charge in [0.25, 0.3) is 5.91 Å². The van der Waals surface area contributed by atoms with Gasteiger partial charge in [0.1, 0.15) is 5.69 Å². The Morgan fingerprint density at radius 3 is 2.82 bits per heavy atom. The Hall–Kier alpha value is -1.81. The van der Waals surface area contributed by atoms with Crippen molar-refractivity contribution in [1.29, 1.82) is 0 Å². The highest BCUT2D eigenvalue weighted by atomic mass is 35.5. The van der Waals surface area contributed by atoms with Crippen LogP contribution in [-0.2, 0) is 7.05 Å². The molecular formula is C12H12ClN3O. The molecule has 0 saturated carbocycles. The summed E-state index contributed by atoms with van der Waals surface area (Å²) in [6.07, 6.45) is 3.12. The summed E-state index contributed by atoms with van der Waals surface area (Å²) in [6.45, 7) is 1.89.